The van der Waals surface area contributed by atoms with E-state index in [0.717, 1.165) is 0 Å². The van der Waals surface area contributed by atoms with Gasteiger partial charge in [-0.1, -0.05) is 3.89 Å². The molecule has 2 N–H and O–H groups in total. The first-order valence-corrected chi connectivity index (χ1v) is 23.5. The van der Waals surface area contributed by atoms with E-state index in [4.69, 9.17) is 0 Å². The van der Waals surface area contributed by atoms with Crippen molar-refractivity contribution in [1.82, 2.24) is 0 Å². The predicted molar refractivity (Wildman–Crippen MR) is 167 cm³/mol. The van der Waals surface area contributed by atoms with Crippen LogP contribution in [-0.4, -0.2) is 174 Å². The van der Waals surface area contributed by atoms with E-state index in [1.165, 1.54) is 0 Å². The molecule has 0 amide bonds. The van der Waals surface area contributed by atoms with Crippen molar-refractivity contribution in [2.45, 2.75) is 140 Å². The number of rotatable bonds is 22. The molecule has 10 nitrogen and oxygen atoms in total. The number of nitrogens with two attached hydrogens (primary N) is 1. The van der Waals surface area contributed by atoms with Crippen LogP contribution < -0.4 is 24.0 Å². The number of hydrogen-bond donors (Lipinski definition) is 1. The Labute approximate surface area is 474 Å². The average molecular weight is 1590 g/mol. The Morgan fingerprint density at radius 1 is 0.196 bits per heavy atom. The van der Waals surface area contributed by atoms with Crippen LogP contribution in [-0.2, 0) is 40.3 Å². The number of sulfonamides is 3. The van der Waals surface area contributed by atoms with E-state index in [1.807, 2.05) is 0 Å². The van der Waals surface area contributed by atoms with Crippen LogP contribution in [0.25, 0.3) is 4.13 Å². The Morgan fingerprint density at radius 2 is 0.315 bits per heavy atom. The van der Waals surface area contributed by atoms with Gasteiger partial charge in [-0.3, -0.25) is 0 Å². The van der Waals surface area contributed by atoms with Crippen molar-refractivity contribution in [3.05, 3.63) is 4.13 Å². The van der Waals surface area contributed by atoms with E-state index in [9.17, 15) is 266 Å². The van der Waals surface area contributed by atoms with Gasteiger partial charge in [0.2, 0.25) is 0 Å². The summed E-state index contributed by atoms with van der Waals surface area (Å²) in [6, 6.07) is 0. The molecule has 0 heterocycles. The molecule has 0 aromatic rings. The summed E-state index contributed by atoms with van der Waals surface area (Å²) in [6.45, 7) is 0. The van der Waals surface area contributed by atoms with Crippen LogP contribution in [0.1, 0.15) is 0 Å². The molecule has 0 aromatic carbocycles. The van der Waals surface area contributed by atoms with Crippen LogP contribution in [0.4, 0.5) is 232 Å². The van der Waals surface area contributed by atoms with E-state index in [0.29, 0.717) is 0 Å². The number of halogens is 53. The first-order valence-electron chi connectivity index (χ1n) is 17.7. The molecular weight excluding hydrogens is 1590 g/mol. The van der Waals surface area contributed by atoms with Gasteiger partial charge >= 0.3 is 170 Å². The predicted octanol–water partition coefficient (Wildman–Crippen LogP) is 11.4. The van der Waals surface area contributed by atoms with Crippen LogP contribution in [0, 0.1) is 0 Å². The van der Waals surface area contributed by atoms with Gasteiger partial charge in [-0.15, -0.1) is 0 Å². The van der Waals surface area contributed by atoms with Gasteiger partial charge in [-0.2, -0.15) is 237 Å². The zero-order valence-electron chi connectivity index (χ0n) is 39.0. The van der Waals surface area contributed by atoms with Crippen molar-refractivity contribution in [2.24, 2.45) is 5.14 Å². The van der Waals surface area contributed by atoms with Crippen molar-refractivity contribution in [2.75, 3.05) is 0 Å². The summed E-state index contributed by atoms with van der Waals surface area (Å²) in [5.74, 6) is -137. The molecule has 0 unspecified atom stereocenters. The third kappa shape index (κ3) is 13.3. The number of nitrogens with zero attached hydrogens (tertiary/aromatic N) is 1. The third-order valence-electron chi connectivity index (χ3n) is 9.13. The summed E-state index contributed by atoms with van der Waals surface area (Å²) < 4.78 is 753. The molecular formula is C24H2F53LiN2O8S4. The monoisotopic (exact) mass is 1590 g/mol. The molecule has 0 bridgehead atoms. The van der Waals surface area contributed by atoms with E-state index < -0.39 is 185 Å². The van der Waals surface area contributed by atoms with Gasteiger partial charge in [-0.05, 0) is 0 Å². The topological polar surface area (TPSA) is 177 Å². The van der Waals surface area contributed by atoms with Gasteiger partial charge < -0.3 is 4.13 Å². The fourth-order valence-electron chi connectivity index (χ4n) is 3.90. The Hall–Kier alpha value is -3.39. The first-order chi connectivity index (χ1) is 37.7. The average Bonchev–Trinajstić information content (AvgIpc) is 3.25. The minimum absolute atomic E-state index is 0. The summed E-state index contributed by atoms with van der Waals surface area (Å²) in [6.07, 6.45) is -31.5. The Balaban J connectivity index is -0.000000692. The molecule has 0 atom stereocenters. The minimum Gasteiger partial charge on any atom is -0.425 e. The minimum atomic E-state index is -9.54. The summed E-state index contributed by atoms with van der Waals surface area (Å²) in [4.78, 5) is 0. The maximum atomic E-state index is 13.7. The molecule has 552 valence electrons. The van der Waals surface area contributed by atoms with E-state index in [-0.39, 0.29) is 18.9 Å². The normalized spacial score (nSPS) is 16.7. The molecule has 68 heteroatoms. The summed E-state index contributed by atoms with van der Waals surface area (Å²) in [5, 5.41) is -29.6. The van der Waals surface area contributed by atoms with Crippen molar-refractivity contribution in [1.29, 1.82) is 0 Å². The quantitative estimate of drug-likeness (QED) is 0.0632. The Kier molecular flexibility index (Phi) is 24.7. The van der Waals surface area contributed by atoms with Crippen LogP contribution >= 0.6 is 0 Å². The van der Waals surface area contributed by atoms with Crippen LogP contribution in [0.15, 0.2) is 0 Å². The molecule has 0 aromatic heterocycles. The third-order valence-corrected chi connectivity index (χ3v) is 14.3. The second-order valence-corrected chi connectivity index (χ2v) is 21.8. The Bertz CT molecular complexity index is 2880. The largest absolute Gasteiger partial charge is 1.00 e. The fraction of sp³-hybridized carbons (Fsp3) is 1.00. The van der Waals surface area contributed by atoms with Crippen molar-refractivity contribution >= 4 is 40.3 Å². The van der Waals surface area contributed by atoms with E-state index in [1.54, 1.807) is 0 Å². The molecule has 0 aliphatic carbocycles. The number of alkyl halides is 52. The van der Waals surface area contributed by atoms with Crippen molar-refractivity contribution < 1.29 is 285 Å². The summed E-state index contributed by atoms with van der Waals surface area (Å²) >= 11 is 0. The SMILES string of the molecule is NS(=O)(=O)C(F)(F)C(F)(F)C(F)(F)C(F)(F)C(F)(F)C(F)(F)F.O=S(=O)(F)C(F)(F)C(F)(F)C(F)(F)C(F)(F)C(F)(F)C(F)(F)F.O=S(=O)([N-]S(=O)(=O)C(F)(F)C(F)(F)C(F)(F)C(F)(F)C(F)(F)C(F)(F)F)C(F)(F)C(F)(F)C(F)(F)C(F)(F)C(F)(F)C(F)(F)F.[Li+]. The van der Waals surface area contributed by atoms with Crippen LogP contribution in [0.2, 0.25) is 0 Å². The molecule has 0 saturated heterocycles. The molecule has 92 heavy (non-hydrogen) atoms. The molecule has 0 aliphatic heterocycles. The Morgan fingerprint density at radius 3 is 0.435 bits per heavy atom. The van der Waals surface area contributed by atoms with Crippen molar-refractivity contribution in [3.8, 4) is 0 Å². The maximum Gasteiger partial charge on any atom is 1.00 e. The molecule has 0 fully saturated rings. The number of primary sulfonamides is 1. The fourth-order valence-corrected chi connectivity index (χ4v) is 7.51. The van der Waals surface area contributed by atoms with Gasteiger partial charge in [0.25, 0.3) is 10.0 Å². The van der Waals surface area contributed by atoms with Crippen LogP contribution in [0.5, 0.6) is 0 Å². The van der Waals surface area contributed by atoms with E-state index in [2.05, 4.69) is 5.14 Å². The second kappa shape index (κ2) is 24.0. The molecule has 0 rings (SSSR count). The zero-order valence-corrected chi connectivity index (χ0v) is 42.2. The van der Waals surface area contributed by atoms with Crippen molar-refractivity contribution in [3.63, 3.8) is 0 Å². The zero-order chi connectivity index (χ0) is 76.7. The first kappa shape index (κ1) is 95.0. The second-order valence-electron chi connectivity index (χ2n) is 15.3. The smallest absolute Gasteiger partial charge is 0.425 e. The van der Waals surface area contributed by atoms with Gasteiger partial charge in [0.05, 0.1) is 0 Å². The van der Waals surface area contributed by atoms with Gasteiger partial charge in [0, 0.05) is 0 Å². The standard InChI is InChI=1S/C12F26NO4S2.C6F14O2S.C6H2F13NO2S.Li/c13-1(14,5(21,22)9(29,30)31)3(17,18)7(25,26)11(35,36)44(40,41)39-45(42,43)12(37,38)8(27,28)4(19,20)2(15,16)6(23,24)10(32,33)34;2*7-1(8,3(11,12)5(15,16)17)2(9,10)4(13,14)6(18,19)23(20,21)22;/h;;(H2,20,21,22);/q-1;;;+1. The summed E-state index contributed by atoms with van der Waals surface area (Å²) in [5.41, 5.74) is 0. The molecule has 0 radical (unpaired) electrons. The molecule has 0 saturated carbocycles. The maximum absolute atomic E-state index is 13.7. The van der Waals surface area contributed by atoms with Gasteiger partial charge in [-0.25, -0.2) is 30.4 Å². The van der Waals surface area contributed by atoms with E-state index >= 15 is 0 Å². The van der Waals surface area contributed by atoms with Gasteiger partial charge in [0.15, 0.2) is 20.0 Å². The summed E-state index contributed by atoms with van der Waals surface area (Å²) in [7, 11) is -34.3. The van der Waals surface area contributed by atoms with Gasteiger partial charge in [0.1, 0.15) is 0 Å². The molecule has 0 aliphatic rings. The number of hydrogen-bond acceptors (Lipinski definition) is 8. The molecule has 0 spiro atoms. The van der Waals surface area contributed by atoms with Crippen LogP contribution in [0.3, 0.4) is 0 Å².